The summed E-state index contributed by atoms with van der Waals surface area (Å²) in [6, 6.07) is 13.4. The van der Waals surface area contributed by atoms with Crippen molar-refractivity contribution in [3.8, 4) is 5.75 Å². The van der Waals surface area contributed by atoms with E-state index >= 15 is 0 Å². The number of phenols is 1. The lowest BCUT2D eigenvalue weighted by atomic mass is 10.1. The van der Waals surface area contributed by atoms with Gasteiger partial charge in [-0.15, -0.1) is 0 Å². The van der Waals surface area contributed by atoms with Crippen LogP contribution in [0.25, 0.3) is 0 Å². The molecule has 2 aromatic rings. The summed E-state index contributed by atoms with van der Waals surface area (Å²) in [7, 11) is 0. The molecular formula is C15H16N2O2. The van der Waals surface area contributed by atoms with Crippen LogP contribution in [0.2, 0.25) is 0 Å². The number of nitrogens with one attached hydrogen (secondary N) is 1. The molecular weight excluding hydrogens is 240 g/mol. The molecule has 19 heavy (non-hydrogen) atoms. The van der Waals surface area contributed by atoms with Gasteiger partial charge >= 0.3 is 0 Å². The van der Waals surface area contributed by atoms with Crippen molar-refractivity contribution in [3.63, 3.8) is 0 Å². The quantitative estimate of drug-likeness (QED) is 0.789. The van der Waals surface area contributed by atoms with Gasteiger partial charge in [0.2, 0.25) is 5.91 Å². The Hall–Kier alpha value is -2.33. The fourth-order valence-electron chi connectivity index (χ4n) is 1.72. The Labute approximate surface area is 111 Å². The van der Waals surface area contributed by atoms with E-state index in [0.717, 1.165) is 11.1 Å². The number of carbonyl (C=O) groups is 1. The van der Waals surface area contributed by atoms with E-state index in [1.54, 1.807) is 31.2 Å². The maximum atomic E-state index is 12.0. The van der Waals surface area contributed by atoms with Crippen molar-refractivity contribution >= 4 is 11.6 Å². The number of hydrogen-bond acceptors (Lipinski definition) is 3. The molecule has 0 radical (unpaired) electrons. The molecule has 98 valence electrons. The van der Waals surface area contributed by atoms with Crippen LogP contribution in [0, 0.1) is 6.92 Å². The van der Waals surface area contributed by atoms with Crippen LogP contribution < -0.4 is 11.1 Å². The normalized spacial score (nSPS) is 11.9. The number of hydrogen-bond donors (Lipinski definition) is 3. The molecule has 1 unspecified atom stereocenters. The Morgan fingerprint density at radius 2 is 1.89 bits per heavy atom. The molecule has 0 aliphatic heterocycles. The first-order chi connectivity index (χ1) is 9.08. The SMILES string of the molecule is Cc1ccc(NC(=O)C(N)c2ccccc2)cc1O. The summed E-state index contributed by atoms with van der Waals surface area (Å²) in [5.41, 5.74) is 7.91. The first kappa shape index (κ1) is 13.1. The van der Waals surface area contributed by atoms with E-state index in [-0.39, 0.29) is 11.7 Å². The summed E-state index contributed by atoms with van der Waals surface area (Å²) < 4.78 is 0. The van der Waals surface area contributed by atoms with Gasteiger partial charge in [-0.2, -0.15) is 0 Å². The van der Waals surface area contributed by atoms with Crippen molar-refractivity contribution in [2.45, 2.75) is 13.0 Å². The first-order valence-electron chi connectivity index (χ1n) is 5.99. The molecule has 0 heterocycles. The highest BCUT2D eigenvalue weighted by Gasteiger charge is 2.15. The molecule has 0 saturated heterocycles. The van der Waals surface area contributed by atoms with Gasteiger partial charge < -0.3 is 16.2 Å². The summed E-state index contributed by atoms with van der Waals surface area (Å²) >= 11 is 0. The topological polar surface area (TPSA) is 75.4 Å². The fourth-order valence-corrected chi connectivity index (χ4v) is 1.72. The highest BCUT2D eigenvalue weighted by molar-refractivity contribution is 5.95. The highest BCUT2D eigenvalue weighted by Crippen LogP contribution is 2.21. The molecule has 0 fully saturated rings. The molecule has 2 aromatic carbocycles. The molecule has 0 aliphatic rings. The van der Waals surface area contributed by atoms with Gasteiger partial charge in [-0.3, -0.25) is 4.79 Å². The van der Waals surface area contributed by atoms with Crippen LogP contribution in [0.1, 0.15) is 17.2 Å². The van der Waals surface area contributed by atoms with Crippen molar-refractivity contribution in [3.05, 3.63) is 59.7 Å². The van der Waals surface area contributed by atoms with E-state index < -0.39 is 6.04 Å². The first-order valence-corrected chi connectivity index (χ1v) is 5.99. The molecule has 0 aliphatic carbocycles. The zero-order chi connectivity index (χ0) is 13.8. The number of amides is 1. The van der Waals surface area contributed by atoms with Crippen LogP contribution in [-0.2, 0) is 4.79 Å². The molecule has 4 heteroatoms. The molecule has 0 aromatic heterocycles. The van der Waals surface area contributed by atoms with Crippen LogP contribution in [0.15, 0.2) is 48.5 Å². The number of nitrogens with two attached hydrogens (primary N) is 1. The third-order valence-corrected chi connectivity index (χ3v) is 2.92. The van der Waals surface area contributed by atoms with Gasteiger partial charge in [0.25, 0.3) is 0 Å². The minimum atomic E-state index is -0.732. The van der Waals surface area contributed by atoms with Crippen molar-refractivity contribution in [2.75, 3.05) is 5.32 Å². The number of rotatable bonds is 3. The lowest BCUT2D eigenvalue weighted by Crippen LogP contribution is -2.27. The fraction of sp³-hybridized carbons (Fsp3) is 0.133. The minimum absolute atomic E-state index is 0.145. The minimum Gasteiger partial charge on any atom is -0.508 e. The predicted molar refractivity (Wildman–Crippen MR) is 74.8 cm³/mol. The predicted octanol–water partition coefficient (Wildman–Crippen LogP) is 2.34. The second-order valence-electron chi connectivity index (χ2n) is 4.38. The van der Waals surface area contributed by atoms with Crippen molar-refractivity contribution in [1.82, 2.24) is 0 Å². The summed E-state index contributed by atoms with van der Waals surface area (Å²) in [5, 5.41) is 12.3. The molecule has 2 rings (SSSR count). The zero-order valence-electron chi connectivity index (χ0n) is 10.6. The van der Waals surface area contributed by atoms with Crippen LogP contribution in [0.3, 0.4) is 0 Å². The Bertz CT molecular complexity index is 582. The summed E-state index contributed by atoms with van der Waals surface area (Å²) in [6.07, 6.45) is 0. The second-order valence-corrected chi connectivity index (χ2v) is 4.38. The Kier molecular flexibility index (Phi) is 3.82. The summed E-state index contributed by atoms with van der Waals surface area (Å²) in [5.74, 6) is -0.166. The number of carbonyl (C=O) groups excluding carboxylic acids is 1. The third-order valence-electron chi connectivity index (χ3n) is 2.92. The number of benzene rings is 2. The van der Waals surface area contributed by atoms with Gasteiger partial charge in [-0.05, 0) is 24.1 Å². The maximum absolute atomic E-state index is 12.0. The monoisotopic (exact) mass is 256 g/mol. The number of anilines is 1. The van der Waals surface area contributed by atoms with E-state index in [4.69, 9.17) is 5.73 Å². The van der Waals surface area contributed by atoms with Crippen LogP contribution >= 0.6 is 0 Å². The second kappa shape index (κ2) is 5.54. The lowest BCUT2D eigenvalue weighted by molar-refractivity contribution is -0.117. The van der Waals surface area contributed by atoms with Gasteiger partial charge in [0.1, 0.15) is 11.8 Å². The van der Waals surface area contributed by atoms with Gasteiger partial charge in [-0.1, -0.05) is 36.4 Å². The summed E-state index contributed by atoms with van der Waals surface area (Å²) in [6.45, 7) is 1.79. The van der Waals surface area contributed by atoms with Crippen molar-refractivity contribution in [2.24, 2.45) is 5.73 Å². The van der Waals surface area contributed by atoms with Crippen LogP contribution in [0.5, 0.6) is 5.75 Å². The maximum Gasteiger partial charge on any atom is 0.245 e. The molecule has 4 nitrogen and oxygen atoms in total. The van der Waals surface area contributed by atoms with Crippen LogP contribution in [0.4, 0.5) is 5.69 Å². The van der Waals surface area contributed by atoms with Crippen molar-refractivity contribution in [1.29, 1.82) is 0 Å². The van der Waals surface area contributed by atoms with Gasteiger partial charge in [0.15, 0.2) is 0 Å². The lowest BCUT2D eigenvalue weighted by Gasteiger charge is -2.13. The Balaban J connectivity index is 2.10. The van der Waals surface area contributed by atoms with Gasteiger partial charge in [-0.25, -0.2) is 0 Å². The smallest absolute Gasteiger partial charge is 0.245 e. The van der Waals surface area contributed by atoms with Crippen LogP contribution in [-0.4, -0.2) is 11.0 Å². The van der Waals surface area contributed by atoms with E-state index in [1.807, 2.05) is 18.2 Å². The molecule has 0 bridgehead atoms. The van der Waals surface area contributed by atoms with E-state index in [0.29, 0.717) is 5.69 Å². The standard InChI is InChI=1S/C15H16N2O2/c1-10-7-8-12(9-13(10)18)17-15(19)14(16)11-5-3-2-4-6-11/h2-9,14,18H,16H2,1H3,(H,17,19). The molecule has 4 N–H and O–H groups in total. The Morgan fingerprint density at radius 3 is 2.53 bits per heavy atom. The van der Waals surface area contributed by atoms with E-state index in [2.05, 4.69) is 5.32 Å². The number of phenolic OH excluding ortho intramolecular Hbond substituents is 1. The highest BCUT2D eigenvalue weighted by atomic mass is 16.3. The summed E-state index contributed by atoms with van der Waals surface area (Å²) in [4.78, 5) is 12.0. The molecule has 0 saturated carbocycles. The number of aromatic hydroxyl groups is 1. The Morgan fingerprint density at radius 1 is 1.21 bits per heavy atom. The average molecular weight is 256 g/mol. The average Bonchev–Trinajstić information content (AvgIpc) is 2.43. The molecule has 1 amide bonds. The van der Waals surface area contributed by atoms with Gasteiger partial charge in [0.05, 0.1) is 0 Å². The van der Waals surface area contributed by atoms with E-state index in [1.165, 1.54) is 6.07 Å². The van der Waals surface area contributed by atoms with Gasteiger partial charge in [0, 0.05) is 11.8 Å². The van der Waals surface area contributed by atoms with E-state index in [9.17, 15) is 9.90 Å². The van der Waals surface area contributed by atoms with Crippen molar-refractivity contribution < 1.29 is 9.90 Å². The largest absolute Gasteiger partial charge is 0.508 e. The third kappa shape index (κ3) is 3.11. The number of aryl methyl sites for hydroxylation is 1. The molecule has 0 spiro atoms. The molecule has 1 atom stereocenters. The zero-order valence-corrected chi connectivity index (χ0v) is 10.6.